The van der Waals surface area contributed by atoms with Crippen LogP contribution >= 0.6 is 0 Å². The first-order valence-electron chi connectivity index (χ1n) is 5.12. The molecule has 1 rings (SSSR count). The van der Waals surface area contributed by atoms with E-state index in [0.717, 1.165) is 24.3 Å². The van der Waals surface area contributed by atoms with Crippen molar-refractivity contribution in [3.05, 3.63) is 24.3 Å². The lowest BCUT2D eigenvalue weighted by molar-refractivity contribution is -0.0436. The molecule has 0 radical (unpaired) electrons. The lowest BCUT2D eigenvalue weighted by Crippen LogP contribution is -2.27. The SMILES string of the molecule is O=S(=O)(c1ccc(NC(CO)CO)cc1)C(F)(F)F. The third-order valence-electron chi connectivity index (χ3n) is 2.28. The van der Waals surface area contributed by atoms with Gasteiger partial charge in [-0.3, -0.25) is 0 Å². The minimum atomic E-state index is -5.36. The second-order valence-corrected chi connectivity index (χ2v) is 5.62. The summed E-state index contributed by atoms with van der Waals surface area (Å²) in [6, 6.07) is 3.17. The molecular weight excluding hydrogens is 287 g/mol. The summed E-state index contributed by atoms with van der Waals surface area (Å²) in [5.41, 5.74) is -5.06. The van der Waals surface area contributed by atoms with Gasteiger partial charge in [-0.2, -0.15) is 13.2 Å². The van der Waals surface area contributed by atoms with Crippen LogP contribution < -0.4 is 5.32 Å². The third-order valence-corrected chi connectivity index (χ3v) is 3.78. The summed E-state index contributed by atoms with van der Waals surface area (Å²) in [5.74, 6) is 0. The van der Waals surface area contributed by atoms with E-state index in [0.29, 0.717) is 0 Å². The molecule has 0 amide bonds. The van der Waals surface area contributed by atoms with Gasteiger partial charge in [0.2, 0.25) is 0 Å². The minimum Gasteiger partial charge on any atom is -0.394 e. The first-order valence-corrected chi connectivity index (χ1v) is 6.60. The lowest BCUT2D eigenvalue weighted by Gasteiger charge is -2.15. The van der Waals surface area contributed by atoms with Gasteiger partial charge in [-0.15, -0.1) is 0 Å². The molecule has 0 spiro atoms. The Kier molecular flexibility index (Phi) is 4.77. The van der Waals surface area contributed by atoms with Gasteiger partial charge in [0.05, 0.1) is 24.2 Å². The highest BCUT2D eigenvalue weighted by Gasteiger charge is 2.46. The molecule has 0 bridgehead atoms. The highest BCUT2D eigenvalue weighted by atomic mass is 32.2. The summed E-state index contributed by atoms with van der Waals surface area (Å²) in [4.78, 5) is -0.866. The van der Waals surface area contributed by atoms with Crippen molar-refractivity contribution in [2.45, 2.75) is 16.4 Å². The Morgan fingerprint density at radius 3 is 1.95 bits per heavy atom. The zero-order chi connectivity index (χ0) is 14.7. The molecule has 9 heteroatoms. The first-order chi connectivity index (χ1) is 8.72. The number of nitrogens with one attached hydrogen (secondary N) is 1. The number of alkyl halides is 3. The van der Waals surface area contributed by atoms with Gasteiger partial charge in [0.15, 0.2) is 0 Å². The van der Waals surface area contributed by atoms with Gasteiger partial charge in [-0.05, 0) is 24.3 Å². The highest BCUT2D eigenvalue weighted by molar-refractivity contribution is 7.92. The summed E-state index contributed by atoms with van der Waals surface area (Å²) in [7, 11) is -5.36. The van der Waals surface area contributed by atoms with E-state index in [4.69, 9.17) is 10.2 Å². The van der Waals surface area contributed by atoms with Crippen molar-refractivity contribution in [3.8, 4) is 0 Å². The number of benzene rings is 1. The molecule has 1 aromatic carbocycles. The summed E-state index contributed by atoms with van der Waals surface area (Å²) < 4.78 is 59.0. The van der Waals surface area contributed by atoms with Gasteiger partial charge in [-0.1, -0.05) is 0 Å². The van der Waals surface area contributed by atoms with E-state index in [2.05, 4.69) is 5.32 Å². The van der Waals surface area contributed by atoms with Crippen molar-refractivity contribution in [2.75, 3.05) is 18.5 Å². The van der Waals surface area contributed by atoms with E-state index in [1.54, 1.807) is 0 Å². The molecule has 0 aliphatic rings. The number of sulfone groups is 1. The molecular formula is C10H12F3NO4S. The Morgan fingerprint density at radius 2 is 1.58 bits per heavy atom. The maximum absolute atomic E-state index is 12.3. The van der Waals surface area contributed by atoms with Gasteiger partial charge < -0.3 is 15.5 Å². The summed E-state index contributed by atoms with van der Waals surface area (Å²) >= 11 is 0. The second kappa shape index (κ2) is 5.76. The predicted octanol–water partition coefficient (Wildman–Crippen LogP) is 0.745. The molecule has 19 heavy (non-hydrogen) atoms. The average molecular weight is 299 g/mol. The quantitative estimate of drug-likeness (QED) is 0.747. The molecule has 0 aliphatic carbocycles. The smallest absolute Gasteiger partial charge is 0.394 e. The number of aliphatic hydroxyl groups excluding tert-OH is 2. The Hall–Kier alpha value is -1.32. The van der Waals surface area contributed by atoms with E-state index in [1.165, 1.54) is 0 Å². The Bertz CT molecular complexity index is 509. The molecule has 0 aliphatic heterocycles. The second-order valence-electron chi connectivity index (χ2n) is 3.68. The average Bonchev–Trinajstić information content (AvgIpc) is 2.35. The summed E-state index contributed by atoms with van der Waals surface area (Å²) in [6.07, 6.45) is 0. The Morgan fingerprint density at radius 1 is 1.11 bits per heavy atom. The molecule has 0 saturated carbocycles. The van der Waals surface area contributed by atoms with Crippen LogP contribution in [0, 0.1) is 0 Å². The van der Waals surface area contributed by atoms with Crippen LogP contribution in [-0.2, 0) is 9.84 Å². The van der Waals surface area contributed by atoms with Crippen LogP contribution in [0.15, 0.2) is 29.2 Å². The van der Waals surface area contributed by atoms with E-state index >= 15 is 0 Å². The predicted molar refractivity (Wildman–Crippen MR) is 61.3 cm³/mol. The largest absolute Gasteiger partial charge is 0.501 e. The van der Waals surface area contributed by atoms with Crippen molar-refractivity contribution >= 4 is 15.5 Å². The molecule has 1 aromatic rings. The van der Waals surface area contributed by atoms with Gasteiger partial charge in [-0.25, -0.2) is 8.42 Å². The fraction of sp³-hybridized carbons (Fsp3) is 0.400. The van der Waals surface area contributed by atoms with Crippen LogP contribution in [0.1, 0.15) is 0 Å². The maximum atomic E-state index is 12.3. The fourth-order valence-electron chi connectivity index (χ4n) is 1.25. The van der Waals surface area contributed by atoms with Crippen LogP contribution in [0.2, 0.25) is 0 Å². The molecule has 0 heterocycles. The first kappa shape index (κ1) is 15.7. The van der Waals surface area contributed by atoms with Crippen LogP contribution in [0.25, 0.3) is 0 Å². The molecule has 5 nitrogen and oxygen atoms in total. The molecule has 108 valence electrons. The standard InChI is InChI=1S/C10H12F3NO4S/c11-10(12,13)19(17,18)9-3-1-7(2-4-9)14-8(5-15)6-16/h1-4,8,14-16H,5-6H2. The van der Waals surface area contributed by atoms with E-state index in [9.17, 15) is 21.6 Å². The van der Waals surface area contributed by atoms with Crippen LogP contribution in [0.3, 0.4) is 0 Å². The Labute approximate surface area is 107 Å². The van der Waals surface area contributed by atoms with Crippen LogP contribution in [-0.4, -0.2) is 43.4 Å². The number of hydrogen-bond acceptors (Lipinski definition) is 5. The molecule has 0 aromatic heterocycles. The summed E-state index contributed by atoms with van der Waals surface area (Å²) in [6.45, 7) is -0.752. The van der Waals surface area contributed by atoms with Crippen molar-refractivity contribution in [1.82, 2.24) is 0 Å². The molecule has 0 unspecified atom stereocenters. The minimum absolute atomic E-state index is 0.286. The topological polar surface area (TPSA) is 86.6 Å². The molecule has 0 atom stereocenters. The van der Waals surface area contributed by atoms with E-state index in [-0.39, 0.29) is 18.9 Å². The van der Waals surface area contributed by atoms with Gasteiger partial charge >= 0.3 is 5.51 Å². The van der Waals surface area contributed by atoms with Crippen LogP contribution in [0.5, 0.6) is 0 Å². The monoisotopic (exact) mass is 299 g/mol. The zero-order valence-corrected chi connectivity index (χ0v) is 10.4. The third kappa shape index (κ3) is 3.58. The Balaban J connectivity index is 2.95. The molecule has 3 N–H and O–H groups in total. The van der Waals surface area contributed by atoms with Crippen LogP contribution in [0.4, 0.5) is 18.9 Å². The lowest BCUT2D eigenvalue weighted by atomic mass is 10.2. The number of anilines is 1. The van der Waals surface area contributed by atoms with Gasteiger partial charge in [0.25, 0.3) is 9.84 Å². The normalized spacial score (nSPS) is 12.7. The van der Waals surface area contributed by atoms with Crippen molar-refractivity contribution in [2.24, 2.45) is 0 Å². The van der Waals surface area contributed by atoms with E-state index in [1.807, 2.05) is 0 Å². The highest BCUT2D eigenvalue weighted by Crippen LogP contribution is 2.30. The molecule has 0 saturated heterocycles. The van der Waals surface area contributed by atoms with Gasteiger partial charge in [0, 0.05) is 5.69 Å². The van der Waals surface area contributed by atoms with Crippen molar-refractivity contribution in [1.29, 1.82) is 0 Å². The molecule has 0 fully saturated rings. The van der Waals surface area contributed by atoms with Gasteiger partial charge in [0.1, 0.15) is 0 Å². The fourth-order valence-corrected chi connectivity index (χ4v) is 2.01. The number of halogens is 3. The van der Waals surface area contributed by atoms with Crippen molar-refractivity contribution < 1.29 is 31.8 Å². The van der Waals surface area contributed by atoms with Crippen molar-refractivity contribution in [3.63, 3.8) is 0 Å². The zero-order valence-electron chi connectivity index (χ0n) is 9.55. The van der Waals surface area contributed by atoms with E-state index < -0.39 is 26.3 Å². The number of aliphatic hydroxyl groups is 2. The number of rotatable bonds is 5. The number of hydrogen-bond donors (Lipinski definition) is 3. The maximum Gasteiger partial charge on any atom is 0.501 e. The summed E-state index contributed by atoms with van der Waals surface area (Å²) in [5, 5.41) is 20.2.